The molecule has 0 aliphatic heterocycles. The van der Waals surface area contributed by atoms with Crippen molar-refractivity contribution in [2.24, 2.45) is 5.41 Å². The number of nitrogens with two attached hydrogens (primary N) is 1. The van der Waals surface area contributed by atoms with Gasteiger partial charge in [0.2, 0.25) is 5.95 Å². The number of nitrogens with zero attached hydrogens (tertiary/aromatic N) is 3. The molecule has 2 N–H and O–H groups in total. The summed E-state index contributed by atoms with van der Waals surface area (Å²) in [5.41, 5.74) is 5.95. The Labute approximate surface area is 87.7 Å². The van der Waals surface area contributed by atoms with Crippen molar-refractivity contribution >= 4 is 17.7 Å². The molecular formula is C9H14N4S. The maximum absolute atomic E-state index is 5.61. The topological polar surface area (TPSA) is 64.7 Å². The van der Waals surface area contributed by atoms with Crippen molar-refractivity contribution in [3.8, 4) is 0 Å². The first-order valence-electron chi connectivity index (χ1n) is 4.58. The first-order valence-corrected chi connectivity index (χ1v) is 5.81. The zero-order chi connectivity index (χ0) is 10.3. The predicted molar refractivity (Wildman–Crippen MR) is 57.2 cm³/mol. The van der Waals surface area contributed by atoms with Gasteiger partial charge in [0, 0.05) is 5.92 Å². The van der Waals surface area contributed by atoms with Crippen LogP contribution < -0.4 is 5.73 Å². The molecule has 1 aromatic rings. The van der Waals surface area contributed by atoms with Crippen LogP contribution in [0.2, 0.25) is 0 Å². The van der Waals surface area contributed by atoms with E-state index in [9.17, 15) is 0 Å². The molecule has 1 unspecified atom stereocenters. The Morgan fingerprint density at radius 2 is 2.00 bits per heavy atom. The van der Waals surface area contributed by atoms with Gasteiger partial charge in [0.15, 0.2) is 5.16 Å². The molecule has 2 rings (SSSR count). The normalized spacial score (nSPS) is 23.5. The first-order chi connectivity index (χ1) is 6.53. The molecule has 1 saturated carbocycles. The van der Waals surface area contributed by atoms with Gasteiger partial charge in [0.1, 0.15) is 5.82 Å². The third-order valence-corrected chi connectivity index (χ3v) is 3.20. The largest absolute Gasteiger partial charge is 0.368 e. The molecule has 0 aromatic carbocycles. The molecule has 1 aromatic heterocycles. The summed E-state index contributed by atoms with van der Waals surface area (Å²) >= 11 is 1.50. The number of rotatable bonds is 2. The van der Waals surface area contributed by atoms with Crippen molar-refractivity contribution in [2.75, 3.05) is 12.0 Å². The van der Waals surface area contributed by atoms with E-state index in [0.29, 0.717) is 17.3 Å². The number of nitrogen functional groups attached to an aromatic ring is 1. The van der Waals surface area contributed by atoms with Gasteiger partial charge in [-0.2, -0.15) is 9.97 Å². The molecule has 1 heterocycles. The minimum absolute atomic E-state index is 0.335. The molecule has 0 radical (unpaired) electrons. The molecule has 1 aliphatic rings. The van der Waals surface area contributed by atoms with Crippen LogP contribution in [-0.4, -0.2) is 21.2 Å². The van der Waals surface area contributed by atoms with E-state index in [4.69, 9.17) is 5.73 Å². The molecule has 76 valence electrons. The van der Waals surface area contributed by atoms with Gasteiger partial charge >= 0.3 is 0 Å². The summed E-state index contributed by atoms with van der Waals surface area (Å²) in [5.74, 6) is 1.65. The standard InChI is InChI=1S/C9H14N4S/c1-9(2)4-5(9)6-11-7(10)13-8(12-6)14-3/h5H,4H2,1-3H3,(H2,10,11,12,13). The monoisotopic (exact) mass is 210 g/mol. The molecule has 4 nitrogen and oxygen atoms in total. The Morgan fingerprint density at radius 3 is 2.50 bits per heavy atom. The van der Waals surface area contributed by atoms with Crippen LogP contribution in [0.15, 0.2) is 5.16 Å². The van der Waals surface area contributed by atoms with Crippen LogP contribution in [0.25, 0.3) is 0 Å². The molecule has 0 bridgehead atoms. The summed E-state index contributed by atoms with van der Waals surface area (Å²) in [6.07, 6.45) is 3.08. The molecule has 1 aliphatic carbocycles. The number of anilines is 1. The van der Waals surface area contributed by atoms with E-state index in [1.54, 1.807) is 0 Å². The van der Waals surface area contributed by atoms with E-state index >= 15 is 0 Å². The maximum Gasteiger partial charge on any atom is 0.224 e. The highest BCUT2D eigenvalue weighted by molar-refractivity contribution is 7.98. The van der Waals surface area contributed by atoms with Crippen molar-refractivity contribution in [3.05, 3.63) is 5.82 Å². The van der Waals surface area contributed by atoms with E-state index in [1.807, 2.05) is 6.26 Å². The first kappa shape index (κ1) is 9.71. The summed E-state index contributed by atoms with van der Waals surface area (Å²) in [5, 5.41) is 0.718. The zero-order valence-electron chi connectivity index (χ0n) is 8.61. The molecule has 14 heavy (non-hydrogen) atoms. The lowest BCUT2D eigenvalue weighted by atomic mass is 10.1. The third kappa shape index (κ3) is 1.68. The van der Waals surface area contributed by atoms with Crippen LogP contribution in [0.3, 0.4) is 0 Å². The summed E-state index contributed by atoms with van der Waals surface area (Å²) in [6.45, 7) is 4.44. The van der Waals surface area contributed by atoms with Crippen LogP contribution in [-0.2, 0) is 0 Å². The van der Waals surface area contributed by atoms with E-state index in [2.05, 4.69) is 28.8 Å². The second-order valence-electron chi connectivity index (χ2n) is 4.28. The molecule has 5 heteroatoms. The number of hydrogen-bond acceptors (Lipinski definition) is 5. The van der Waals surface area contributed by atoms with Crippen LogP contribution in [0, 0.1) is 5.41 Å². The SMILES string of the molecule is CSc1nc(N)nc(C2CC2(C)C)n1. The quantitative estimate of drug-likeness (QED) is 0.752. The van der Waals surface area contributed by atoms with Gasteiger partial charge in [-0.25, -0.2) is 4.98 Å². The Bertz CT molecular complexity index is 364. The minimum Gasteiger partial charge on any atom is -0.368 e. The third-order valence-electron chi connectivity index (χ3n) is 2.66. The lowest BCUT2D eigenvalue weighted by molar-refractivity contribution is 0.603. The average Bonchev–Trinajstić information content (AvgIpc) is 2.74. The Morgan fingerprint density at radius 1 is 1.36 bits per heavy atom. The maximum atomic E-state index is 5.61. The van der Waals surface area contributed by atoms with Crippen LogP contribution in [0.4, 0.5) is 5.95 Å². The van der Waals surface area contributed by atoms with Gasteiger partial charge in [-0.3, -0.25) is 0 Å². The van der Waals surface area contributed by atoms with Gasteiger partial charge in [-0.15, -0.1) is 0 Å². The molecular weight excluding hydrogens is 196 g/mol. The van der Waals surface area contributed by atoms with Gasteiger partial charge < -0.3 is 5.73 Å². The lowest BCUT2D eigenvalue weighted by Crippen LogP contribution is -2.05. The molecule has 1 fully saturated rings. The molecule has 0 spiro atoms. The second kappa shape index (κ2) is 3.08. The summed E-state index contributed by atoms with van der Waals surface area (Å²) in [4.78, 5) is 12.6. The molecule has 0 amide bonds. The van der Waals surface area contributed by atoms with Crippen LogP contribution >= 0.6 is 11.8 Å². The Balaban J connectivity index is 2.31. The highest BCUT2D eigenvalue weighted by Crippen LogP contribution is 2.57. The van der Waals surface area contributed by atoms with Crippen molar-refractivity contribution < 1.29 is 0 Å². The van der Waals surface area contributed by atoms with Crippen molar-refractivity contribution in [1.29, 1.82) is 0 Å². The highest BCUT2D eigenvalue weighted by atomic mass is 32.2. The summed E-state index contributed by atoms with van der Waals surface area (Å²) < 4.78 is 0. The smallest absolute Gasteiger partial charge is 0.224 e. The van der Waals surface area contributed by atoms with E-state index < -0.39 is 0 Å². The average molecular weight is 210 g/mol. The van der Waals surface area contributed by atoms with Crippen molar-refractivity contribution in [3.63, 3.8) is 0 Å². The fraction of sp³-hybridized carbons (Fsp3) is 0.667. The van der Waals surface area contributed by atoms with Crippen LogP contribution in [0.1, 0.15) is 32.0 Å². The van der Waals surface area contributed by atoms with Crippen LogP contribution in [0.5, 0.6) is 0 Å². The minimum atomic E-state index is 0.335. The lowest BCUT2D eigenvalue weighted by Gasteiger charge is -2.04. The van der Waals surface area contributed by atoms with E-state index in [-0.39, 0.29) is 0 Å². The number of hydrogen-bond donors (Lipinski definition) is 1. The second-order valence-corrected chi connectivity index (χ2v) is 5.06. The van der Waals surface area contributed by atoms with Gasteiger partial charge in [0.05, 0.1) is 0 Å². The van der Waals surface area contributed by atoms with Crippen molar-refractivity contribution in [2.45, 2.75) is 31.3 Å². The van der Waals surface area contributed by atoms with Crippen molar-refractivity contribution in [1.82, 2.24) is 15.0 Å². The highest BCUT2D eigenvalue weighted by Gasteiger charge is 2.48. The van der Waals surface area contributed by atoms with E-state index in [1.165, 1.54) is 11.8 Å². The van der Waals surface area contributed by atoms with Gasteiger partial charge in [-0.1, -0.05) is 25.6 Å². The summed E-state index contributed by atoms with van der Waals surface area (Å²) in [6, 6.07) is 0. The van der Waals surface area contributed by atoms with Gasteiger partial charge in [0.25, 0.3) is 0 Å². The fourth-order valence-corrected chi connectivity index (χ4v) is 1.91. The fourth-order valence-electron chi connectivity index (χ4n) is 1.54. The molecule has 1 atom stereocenters. The predicted octanol–water partition coefficient (Wildman–Crippen LogP) is 1.69. The summed E-state index contributed by atoms with van der Waals surface area (Å²) in [7, 11) is 0. The molecule has 0 saturated heterocycles. The van der Waals surface area contributed by atoms with Gasteiger partial charge in [-0.05, 0) is 18.1 Å². The Hall–Kier alpha value is -0.840. The Kier molecular flexibility index (Phi) is 2.14. The zero-order valence-corrected chi connectivity index (χ0v) is 9.43. The number of aromatic nitrogens is 3. The van der Waals surface area contributed by atoms with E-state index in [0.717, 1.165) is 17.4 Å². The number of thioether (sulfide) groups is 1.